The van der Waals surface area contributed by atoms with Crippen molar-refractivity contribution < 1.29 is 19.8 Å². The molecular weight excluding hydrogens is 222 g/mol. The summed E-state index contributed by atoms with van der Waals surface area (Å²) in [5.74, 6) is -1.99. The van der Waals surface area contributed by atoms with Gasteiger partial charge in [-0.15, -0.1) is 11.3 Å². The monoisotopic (exact) mass is 231 g/mol. The van der Waals surface area contributed by atoms with Gasteiger partial charge in [0.15, 0.2) is 11.2 Å². The van der Waals surface area contributed by atoms with Gasteiger partial charge in [0.1, 0.15) is 5.69 Å². The Morgan fingerprint density at radius 3 is 2.73 bits per heavy atom. The number of nitrogens with one attached hydrogen (secondary N) is 1. The van der Waals surface area contributed by atoms with E-state index in [0.717, 1.165) is 11.3 Å². The predicted octanol–water partition coefficient (Wildman–Crippen LogP) is -1.10. The van der Waals surface area contributed by atoms with Crippen molar-refractivity contribution in [2.45, 2.75) is 6.04 Å². The number of carboxylic acids is 1. The normalized spacial score (nSPS) is 12.1. The van der Waals surface area contributed by atoms with Crippen LogP contribution in [0.3, 0.4) is 0 Å². The summed E-state index contributed by atoms with van der Waals surface area (Å²) < 4.78 is 0. The minimum atomic E-state index is -1.33. The van der Waals surface area contributed by atoms with Gasteiger partial charge in [0.25, 0.3) is 5.91 Å². The van der Waals surface area contributed by atoms with Crippen molar-refractivity contribution in [2.75, 3.05) is 12.3 Å². The highest BCUT2D eigenvalue weighted by atomic mass is 32.1. The van der Waals surface area contributed by atoms with Gasteiger partial charge in [-0.25, -0.2) is 9.78 Å². The number of nitrogen functional groups attached to an aromatic ring is 1. The summed E-state index contributed by atoms with van der Waals surface area (Å²) in [5.41, 5.74) is 5.34. The van der Waals surface area contributed by atoms with E-state index in [0.29, 0.717) is 0 Å². The van der Waals surface area contributed by atoms with Crippen LogP contribution in [0.25, 0.3) is 0 Å². The van der Waals surface area contributed by atoms with E-state index in [1.165, 1.54) is 5.38 Å². The van der Waals surface area contributed by atoms with Crippen LogP contribution in [0.5, 0.6) is 0 Å². The van der Waals surface area contributed by atoms with Gasteiger partial charge in [0.2, 0.25) is 0 Å². The molecule has 0 aliphatic heterocycles. The number of thiazole rings is 1. The Kier molecular flexibility index (Phi) is 3.58. The first-order chi connectivity index (χ1) is 7.04. The van der Waals surface area contributed by atoms with E-state index in [1.54, 1.807) is 0 Å². The molecule has 1 aromatic heterocycles. The van der Waals surface area contributed by atoms with E-state index in [2.05, 4.69) is 10.3 Å². The molecule has 1 atom stereocenters. The minimum Gasteiger partial charge on any atom is -0.480 e. The summed E-state index contributed by atoms with van der Waals surface area (Å²) in [5, 5.41) is 20.9. The molecule has 1 amide bonds. The third-order valence-electron chi connectivity index (χ3n) is 1.54. The number of amides is 1. The van der Waals surface area contributed by atoms with Gasteiger partial charge < -0.3 is 21.3 Å². The van der Waals surface area contributed by atoms with Crippen LogP contribution in [0.1, 0.15) is 10.5 Å². The van der Waals surface area contributed by atoms with Gasteiger partial charge in [0, 0.05) is 5.38 Å². The summed E-state index contributed by atoms with van der Waals surface area (Å²) in [6.45, 7) is -0.680. The van der Waals surface area contributed by atoms with Crippen molar-refractivity contribution in [3.8, 4) is 0 Å². The summed E-state index contributed by atoms with van der Waals surface area (Å²) in [6.07, 6.45) is 0. The third-order valence-corrected chi connectivity index (χ3v) is 2.21. The first kappa shape index (κ1) is 11.4. The molecule has 0 aliphatic carbocycles. The first-order valence-electron chi connectivity index (χ1n) is 3.90. The minimum absolute atomic E-state index is 0.0391. The smallest absolute Gasteiger partial charge is 0.328 e. The molecule has 0 saturated heterocycles. The number of carboxylic acid groups (broad SMARTS) is 1. The number of hydrogen-bond acceptors (Lipinski definition) is 6. The van der Waals surface area contributed by atoms with Crippen LogP contribution in [-0.4, -0.2) is 39.7 Å². The van der Waals surface area contributed by atoms with Crippen LogP contribution in [0, 0.1) is 0 Å². The molecule has 5 N–H and O–H groups in total. The molecule has 1 heterocycles. The van der Waals surface area contributed by atoms with Crippen LogP contribution in [0.2, 0.25) is 0 Å². The molecule has 0 fully saturated rings. The Hall–Kier alpha value is -1.67. The number of nitrogens with zero attached hydrogens (tertiary/aromatic N) is 1. The Labute approximate surface area is 88.6 Å². The Balaban J connectivity index is 2.66. The standard InChI is InChI=1S/C7H9N3O4S/c8-7-10-4(2-15-7)5(12)9-3(1-11)6(13)14/h2-3,11H,1H2,(H2,8,10)(H,9,12)(H,13,14). The fourth-order valence-electron chi connectivity index (χ4n) is 0.810. The number of rotatable bonds is 4. The molecule has 1 aromatic rings. The van der Waals surface area contributed by atoms with Gasteiger partial charge in [-0.3, -0.25) is 4.79 Å². The van der Waals surface area contributed by atoms with Gasteiger partial charge in [-0.2, -0.15) is 0 Å². The lowest BCUT2D eigenvalue weighted by Gasteiger charge is -2.09. The van der Waals surface area contributed by atoms with E-state index in [4.69, 9.17) is 15.9 Å². The average Bonchev–Trinajstić information content (AvgIpc) is 2.60. The Morgan fingerprint density at radius 1 is 1.67 bits per heavy atom. The lowest BCUT2D eigenvalue weighted by molar-refractivity contribution is -0.140. The summed E-state index contributed by atoms with van der Waals surface area (Å²) >= 11 is 1.07. The van der Waals surface area contributed by atoms with Crippen LogP contribution < -0.4 is 11.1 Å². The molecule has 0 saturated carbocycles. The van der Waals surface area contributed by atoms with Crippen molar-refractivity contribution >= 4 is 28.3 Å². The number of hydrogen-bond donors (Lipinski definition) is 4. The number of carbonyl (C=O) groups excluding carboxylic acids is 1. The maximum Gasteiger partial charge on any atom is 0.328 e. The number of anilines is 1. The van der Waals surface area contributed by atoms with Gasteiger partial charge in [-0.1, -0.05) is 0 Å². The Bertz CT molecular complexity index is 378. The van der Waals surface area contributed by atoms with Crippen molar-refractivity contribution in [3.63, 3.8) is 0 Å². The number of carbonyl (C=O) groups is 2. The summed E-state index contributed by atoms with van der Waals surface area (Å²) in [6, 6.07) is -1.33. The van der Waals surface area contributed by atoms with Crippen molar-refractivity contribution in [1.82, 2.24) is 10.3 Å². The second-order valence-corrected chi connectivity index (χ2v) is 3.51. The highest BCUT2D eigenvalue weighted by molar-refractivity contribution is 7.13. The van der Waals surface area contributed by atoms with Gasteiger partial charge in [-0.05, 0) is 0 Å². The average molecular weight is 231 g/mol. The van der Waals surface area contributed by atoms with Crippen molar-refractivity contribution in [3.05, 3.63) is 11.1 Å². The lowest BCUT2D eigenvalue weighted by Crippen LogP contribution is -2.43. The van der Waals surface area contributed by atoms with Crippen LogP contribution in [0.4, 0.5) is 5.13 Å². The lowest BCUT2D eigenvalue weighted by atomic mass is 10.3. The molecule has 0 radical (unpaired) electrons. The zero-order valence-corrected chi connectivity index (χ0v) is 8.32. The van der Waals surface area contributed by atoms with Crippen molar-refractivity contribution in [1.29, 1.82) is 0 Å². The maximum absolute atomic E-state index is 11.3. The summed E-state index contributed by atoms with van der Waals surface area (Å²) in [4.78, 5) is 25.5. The van der Waals surface area contributed by atoms with E-state index in [1.807, 2.05) is 0 Å². The zero-order chi connectivity index (χ0) is 11.4. The SMILES string of the molecule is Nc1nc(C(=O)NC(CO)C(=O)O)cs1. The van der Waals surface area contributed by atoms with E-state index >= 15 is 0 Å². The molecule has 0 spiro atoms. The fourth-order valence-corrected chi connectivity index (χ4v) is 1.35. The summed E-state index contributed by atoms with van der Waals surface area (Å²) in [7, 11) is 0. The topological polar surface area (TPSA) is 126 Å². The molecule has 82 valence electrons. The van der Waals surface area contributed by atoms with E-state index in [9.17, 15) is 9.59 Å². The van der Waals surface area contributed by atoms with Gasteiger partial charge in [0.05, 0.1) is 6.61 Å². The van der Waals surface area contributed by atoms with Crippen LogP contribution in [0.15, 0.2) is 5.38 Å². The molecule has 8 heteroatoms. The number of aliphatic hydroxyl groups is 1. The highest BCUT2D eigenvalue weighted by Crippen LogP contribution is 2.10. The van der Waals surface area contributed by atoms with Crippen molar-refractivity contribution in [2.24, 2.45) is 0 Å². The van der Waals surface area contributed by atoms with Crippen LogP contribution >= 0.6 is 11.3 Å². The molecule has 0 bridgehead atoms. The first-order valence-corrected chi connectivity index (χ1v) is 4.78. The highest BCUT2D eigenvalue weighted by Gasteiger charge is 2.20. The maximum atomic E-state index is 11.3. The fraction of sp³-hybridized carbons (Fsp3) is 0.286. The quantitative estimate of drug-likeness (QED) is 0.521. The second kappa shape index (κ2) is 4.71. The molecule has 15 heavy (non-hydrogen) atoms. The molecule has 1 rings (SSSR count). The van der Waals surface area contributed by atoms with E-state index in [-0.39, 0.29) is 10.8 Å². The second-order valence-electron chi connectivity index (χ2n) is 2.62. The predicted molar refractivity (Wildman–Crippen MR) is 52.5 cm³/mol. The van der Waals surface area contributed by atoms with Crippen LogP contribution in [-0.2, 0) is 4.79 Å². The number of aromatic nitrogens is 1. The molecule has 0 aliphatic rings. The van der Waals surface area contributed by atoms with E-state index < -0.39 is 24.5 Å². The number of aliphatic hydroxyl groups excluding tert-OH is 1. The molecule has 7 nitrogen and oxygen atoms in total. The Morgan fingerprint density at radius 2 is 2.33 bits per heavy atom. The molecule has 1 unspecified atom stereocenters. The molecular formula is C7H9N3O4S. The largest absolute Gasteiger partial charge is 0.480 e. The molecule has 0 aromatic carbocycles. The zero-order valence-electron chi connectivity index (χ0n) is 7.51. The third kappa shape index (κ3) is 2.89. The number of nitrogens with two attached hydrogens (primary N) is 1. The van der Waals surface area contributed by atoms with Gasteiger partial charge >= 0.3 is 5.97 Å². The number of aliphatic carboxylic acids is 1.